The van der Waals surface area contributed by atoms with E-state index in [2.05, 4.69) is 15.8 Å². The molecule has 2 N–H and O–H groups in total. The molecule has 2 rings (SSSR count). The standard InChI is InChI=1S/C17H19N3O2/c1-13(14-8-4-3-5-9-14)19-20-17(21)12-18-15-10-6-7-11-16(15)22-2/h3-11,18H,12H2,1-2H3,(H,20,21)/b19-13-. The maximum Gasteiger partial charge on any atom is 0.259 e. The van der Waals surface area contributed by atoms with Gasteiger partial charge in [0.2, 0.25) is 0 Å². The van der Waals surface area contributed by atoms with E-state index in [1.807, 2.05) is 61.5 Å². The second kappa shape index (κ2) is 7.83. The zero-order valence-corrected chi connectivity index (χ0v) is 12.7. The van der Waals surface area contributed by atoms with Gasteiger partial charge >= 0.3 is 0 Å². The maximum atomic E-state index is 11.8. The Morgan fingerprint density at radius 3 is 2.50 bits per heavy atom. The SMILES string of the molecule is COc1ccccc1NCC(=O)N/N=C(/C)c1ccccc1. The predicted molar refractivity (Wildman–Crippen MR) is 88.3 cm³/mol. The van der Waals surface area contributed by atoms with E-state index in [1.54, 1.807) is 7.11 Å². The summed E-state index contributed by atoms with van der Waals surface area (Å²) in [6.45, 7) is 1.97. The normalized spacial score (nSPS) is 10.9. The van der Waals surface area contributed by atoms with Gasteiger partial charge < -0.3 is 10.1 Å². The zero-order valence-electron chi connectivity index (χ0n) is 12.7. The molecule has 0 aliphatic rings. The van der Waals surface area contributed by atoms with Gasteiger partial charge in [0.15, 0.2) is 0 Å². The maximum absolute atomic E-state index is 11.8. The van der Waals surface area contributed by atoms with E-state index in [-0.39, 0.29) is 12.5 Å². The summed E-state index contributed by atoms with van der Waals surface area (Å²) in [4.78, 5) is 11.8. The molecular formula is C17H19N3O2. The third-order valence-corrected chi connectivity index (χ3v) is 3.09. The zero-order chi connectivity index (χ0) is 15.8. The van der Waals surface area contributed by atoms with Crippen LogP contribution in [0.25, 0.3) is 0 Å². The van der Waals surface area contributed by atoms with Gasteiger partial charge in [-0.1, -0.05) is 42.5 Å². The van der Waals surface area contributed by atoms with Crippen molar-refractivity contribution in [1.29, 1.82) is 0 Å². The number of benzene rings is 2. The molecule has 114 valence electrons. The third kappa shape index (κ3) is 4.34. The number of hydrogen-bond donors (Lipinski definition) is 2. The molecule has 0 fully saturated rings. The van der Waals surface area contributed by atoms with Crippen molar-refractivity contribution in [3.8, 4) is 5.75 Å². The Bertz CT molecular complexity index is 654. The van der Waals surface area contributed by atoms with Gasteiger partial charge in [0.05, 0.1) is 25.1 Å². The Kier molecular flexibility index (Phi) is 5.54. The molecule has 22 heavy (non-hydrogen) atoms. The van der Waals surface area contributed by atoms with Crippen LogP contribution in [-0.4, -0.2) is 25.3 Å². The highest BCUT2D eigenvalue weighted by Gasteiger charge is 2.04. The summed E-state index contributed by atoms with van der Waals surface area (Å²) in [6, 6.07) is 17.1. The molecule has 0 aromatic heterocycles. The minimum absolute atomic E-state index is 0.117. The van der Waals surface area contributed by atoms with Crippen molar-refractivity contribution in [1.82, 2.24) is 5.43 Å². The van der Waals surface area contributed by atoms with Crippen molar-refractivity contribution in [3.05, 3.63) is 60.2 Å². The van der Waals surface area contributed by atoms with E-state index < -0.39 is 0 Å². The molecule has 0 atom stereocenters. The molecule has 0 spiro atoms. The highest BCUT2D eigenvalue weighted by Crippen LogP contribution is 2.22. The number of hydrogen-bond acceptors (Lipinski definition) is 4. The summed E-state index contributed by atoms with van der Waals surface area (Å²) in [7, 11) is 1.59. The van der Waals surface area contributed by atoms with Gasteiger partial charge in [0.25, 0.3) is 5.91 Å². The molecular weight excluding hydrogens is 278 g/mol. The van der Waals surface area contributed by atoms with Crippen LogP contribution in [0.3, 0.4) is 0 Å². The fourth-order valence-electron chi connectivity index (χ4n) is 1.90. The Labute approximate surface area is 130 Å². The van der Waals surface area contributed by atoms with Crippen LogP contribution in [0, 0.1) is 0 Å². The van der Waals surface area contributed by atoms with Crippen LogP contribution in [0.1, 0.15) is 12.5 Å². The first-order valence-corrected chi connectivity index (χ1v) is 6.96. The smallest absolute Gasteiger partial charge is 0.259 e. The molecule has 0 aliphatic heterocycles. The molecule has 0 saturated heterocycles. The van der Waals surface area contributed by atoms with Crippen LogP contribution < -0.4 is 15.5 Å². The Morgan fingerprint density at radius 1 is 1.09 bits per heavy atom. The second-order valence-electron chi connectivity index (χ2n) is 4.65. The molecule has 1 amide bonds. The first-order chi connectivity index (χ1) is 10.7. The number of methoxy groups -OCH3 is 1. The van der Waals surface area contributed by atoms with Gasteiger partial charge in [0, 0.05) is 0 Å². The van der Waals surface area contributed by atoms with E-state index in [0.717, 1.165) is 17.0 Å². The van der Waals surface area contributed by atoms with Crippen LogP contribution in [0.5, 0.6) is 5.75 Å². The third-order valence-electron chi connectivity index (χ3n) is 3.09. The highest BCUT2D eigenvalue weighted by molar-refractivity contribution is 5.99. The molecule has 0 heterocycles. The van der Waals surface area contributed by atoms with E-state index in [9.17, 15) is 4.79 Å². The fourth-order valence-corrected chi connectivity index (χ4v) is 1.90. The number of rotatable bonds is 6. The lowest BCUT2D eigenvalue weighted by molar-refractivity contribution is -0.119. The number of carbonyl (C=O) groups is 1. The van der Waals surface area contributed by atoms with Crippen molar-refractivity contribution in [2.24, 2.45) is 5.10 Å². The number of nitrogens with one attached hydrogen (secondary N) is 2. The summed E-state index contributed by atoms with van der Waals surface area (Å²) in [5.41, 5.74) is 5.03. The molecule has 2 aromatic carbocycles. The first-order valence-electron chi connectivity index (χ1n) is 6.96. The number of para-hydroxylation sites is 2. The van der Waals surface area contributed by atoms with Crippen molar-refractivity contribution < 1.29 is 9.53 Å². The number of carbonyl (C=O) groups excluding carboxylic acids is 1. The molecule has 0 aliphatic carbocycles. The van der Waals surface area contributed by atoms with E-state index >= 15 is 0 Å². The van der Waals surface area contributed by atoms with Crippen LogP contribution in [0.2, 0.25) is 0 Å². The van der Waals surface area contributed by atoms with E-state index in [1.165, 1.54) is 0 Å². The van der Waals surface area contributed by atoms with Crippen molar-refractivity contribution >= 4 is 17.3 Å². The van der Waals surface area contributed by atoms with Crippen LogP contribution in [0.15, 0.2) is 59.7 Å². The van der Waals surface area contributed by atoms with Gasteiger partial charge in [-0.05, 0) is 24.6 Å². The molecule has 5 nitrogen and oxygen atoms in total. The van der Waals surface area contributed by atoms with Gasteiger partial charge in [-0.2, -0.15) is 5.10 Å². The summed E-state index contributed by atoms with van der Waals surface area (Å²) >= 11 is 0. The second-order valence-corrected chi connectivity index (χ2v) is 4.65. The average Bonchev–Trinajstić information content (AvgIpc) is 2.58. The Hall–Kier alpha value is -2.82. The number of nitrogens with zero attached hydrogens (tertiary/aromatic N) is 1. The van der Waals surface area contributed by atoms with Crippen LogP contribution in [0.4, 0.5) is 5.69 Å². The minimum Gasteiger partial charge on any atom is -0.495 e. The lowest BCUT2D eigenvalue weighted by Gasteiger charge is -2.10. The topological polar surface area (TPSA) is 62.7 Å². The molecule has 5 heteroatoms. The van der Waals surface area contributed by atoms with E-state index in [0.29, 0.717) is 5.75 Å². The average molecular weight is 297 g/mol. The van der Waals surface area contributed by atoms with Crippen molar-refractivity contribution in [2.45, 2.75) is 6.92 Å². The van der Waals surface area contributed by atoms with Gasteiger partial charge in [-0.3, -0.25) is 4.79 Å². The predicted octanol–water partition coefficient (Wildman–Crippen LogP) is 2.65. The molecule has 0 bridgehead atoms. The van der Waals surface area contributed by atoms with Gasteiger partial charge in [-0.15, -0.1) is 0 Å². The largest absolute Gasteiger partial charge is 0.495 e. The van der Waals surface area contributed by atoms with Crippen molar-refractivity contribution in [3.63, 3.8) is 0 Å². The number of hydrazone groups is 1. The number of amides is 1. The lowest BCUT2D eigenvalue weighted by Crippen LogP contribution is -2.26. The Balaban J connectivity index is 1.88. The highest BCUT2D eigenvalue weighted by atomic mass is 16.5. The lowest BCUT2D eigenvalue weighted by atomic mass is 10.1. The number of ether oxygens (including phenoxy) is 1. The molecule has 2 aromatic rings. The summed E-state index contributed by atoms with van der Waals surface area (Å²) in [5.74, 6) is 0.473. The van der Waals surface area contributed by atoms with Gasteiger partial charge in [-0.25, -0.2) is 5.43 Å². The molecule has 0 radical (unpaired) electrons. The number of anilines is 1. The fraction of sp³-hybridized carbons (Fsp3) is 0.176. The van der Waals surface area contributed by atoms with Gasteiger partial charge in [0.1, 0.15) is 5.75 Å². The monoisotopic (exact) mass is 297 g/mol. The van der Waals surface area contributed by atoms with Crippen molar-refractivity contribution in [2.75, 3.05) is 19.0 Å². The molecule has 0 saturated carbocycles. The summed E-state index contributed by atoms with van der Waals surface area (Å²) in [5, 5.41) is 7.12. The summed E-state index contributed by atoms with van der Waals surface area (Å²) in [6.07, 6.45) is 0. The summed E-state index contributed by atoms with van der Waals surface area (Å²) < 4.78 is 5.21. The van der Waals surface area contributed by atoms with E-state index in [4.69, 9.17) is 4.74 Å². The minimum atomic E-state index is -0.221. The van der Waals surface area contributed by atoms with Crippen LogP contribution >= 0.6 is 0 Å². The Morgan fingerprint density at radius 2 is 1.77 bits per heavy atom. The first kappa shape index (κ1) is 15.6. The molecule has 0 unspecified atom stereocenters. The van der Waals surface area contributed by atoms with Crippen LogP contribution in [-0.2, 0) is 4.79 Å². The quantitative estimate of drug-likeness (QED) is 0.636.